The lowest BCUT2D eigenvalue weighted by atomic mass is 10.1. The number of hydrogen-bond acceptors (Lipinski definition) is 5. The predicted molar refractivity (Wildman–Crippen MR) is 102 cm³/mol. The third kappa shape index (κ3) is 5.39. The molecular weight excluding hydrogens is 346 g/mol. The van der Waals surface area contributed by atoms with Crippen molar-refractivity contribution in [2.75, 3.05) is 6.61 Å². The van der Waals surface area contributed by atoms with Crippen molar-refractivity contribution in [2.45, 2.75) is 70.5 Å². The van der Waals surface area contributed by atoms with Gasteiger partial charge in [0.1, 0.15) is 12.2 Å². The van der Waals surface area contributed by atoms with Crippen LogP contribution in [0.25, 0.3) is 0 Å². The Morgan fingerprint density at radius 1 is 1.19 bits per heavy atom. The van der Waals surface area contributed by atoms with Gasteiger partial charge in [0.2, 0.25) is 0 Å². The Morgan fingerprint density at radius 3 is 2.70 bits per heavy atom. The van der Waals surface area contributed by atoms with Crippen LogP contribution < -0.4 is 0 Å². The smallest absolute Gasteiger partial charge is 0.190 e. The van der Waals surface area contributed by atoms with E-state index in [-0.39, 0.29) is 12.6 Å². The van der Waals surface area contributed by atoms with E-state index in [1.54, 1.807) is 0 Å². The van der Waals surface area contributed by atoms with E-state index in [0.717, 1.165) is 23.1 Å². The number of allylic oxidation sites excluding steroid dienone is 1. The first-order valence-corrected chi connectivity index (χ1v) is 9.59. The Morgan fingerprint density at radius 2 is 1.96 bits per heavy atom. The molecule has 6 heteroatoms. The van der Waals surface area contributed by atoms with Crippen molar-refractivity contribution in [3.8, 4) is 0 Å². The van der Waals surface area contributed by atoms with Crippen LogP contribution in [0.1, 0.15) is 39.2 Å². The molecule has 0 aliphatic carbocycles. The van der Waals surface area contributed by atoms with Crippen LogP contribution in [0, 0.1) is 5.21 Å². The summed E-state index contributed by atoms with van der Waals surface area (Å²) < 4.78 is 24.6. The van der Waals surface area contributed by atoms with Gasteiger partial charge in [-0.05, 0) is 20.3 Å². The predicted octanol–water partition coefficient (Wildman–Crippen LogP) is 3.39. The van der Waals surface area contributed by atoms with Crippen molar-refractivity contribution in [1.29, 1.82) is 0 Å². The molecule has 148 valence electrons. The Balaban J connectivity index is 1.67. The fourth-order valence-corrected chi connectivity index (χ4v) is 3.31. The molecule has 1 aromatic rings. The molecule has 0 unspecified atom stereocenters. The molecule has 3 rings (SSSR count). The van der Waals surface area contributed by atoms with E-state index in [9.17, 15) is 5.21 Å². The highest BCUT2D eigenvalue weighted by Gasteiger charge is 2.55. The highest BCUT2D eigenvalue weighted by Crippen LogP contribution is 2.38. The molecule has 2 aliphatic heterocycles. The van der Waals surface area contributed by atoms with Gasteiger partial charge in [-0.1, -0.05) is 55.8 Å². The lowest BCUT2D eigenvalue weighted by Gasteiger charge is -2.23. The molecule has 0 radical (unpaired) electrons. The van der Waals surface area contributed by atoms with Crippen molar-refractivity contribution in [3.05, 3.63) is 53.3 Å². The van der Waals surface area contributed by atoms with E-state index < -0.39 is 24.3 Å². The molecule has 0 amide bonds. The standard InChI is InChI=1S/C21H29NO5/c1-4-5-6-10-13-24-18-17(25-20-19(18)26-21(2,3)27-20)15-22(23)14-16-11-8-7-9-12-16/h6-12,15,17-20H,4-5,13-14H2,1-3H3/b10-6+,22-15-/t17-,18-,19-,20-/m1/s1. The van der Waals surface area contributed by atoms with Crippen LogP contribution in [0.3, 0.4) is 0 Å². The summed E-state index contributed by atoms with van der Waals surface area (Å²) in [6.07, 6.45) is 5.93. The van der Waals surface area contributed by atoms with Gasteiger partial charge in [0.25, 0.3) is 0 Å². The van der Waals surface area contributed by atoms with E-state index in [4.69, 9.17) is 18.9 Å². The lowest BCUT2D eigenvalue weighted by molar-refractivity contribution is -0.473. The van der Waals surface area contributed by atoms with Gasteiger partial charge in [-0.25, -0.2) is 4.74 Å². The third-order valence-electron chi connectivity index (χ3n) is 4.53. The minimum Gasteiger partial charge on any atom is -0.624 e. The number of unbranched alkanes of at least 4 members (excludes halogenated alkanes) is 1. The highest BCUT2D eigenvalue weighted by atomic mass is 16.8. The number of rotatable bonds is 8. The first-order valence-electron chi connectivity index (χ1n) is 9.59. The second kappa shape index (κ2) is 8.97. The molecule has 0 saturated carbocycles. The van der Waals surface area contributed by atoms with Crippen molar-refractivity contribution < 1.29 is 23.7 Å². The van der Waals surface area contributed by atoms with Crippen molar-refractivity contribution in [1.82, 2.24) is 0 Å². The molecule has 1 aromatic carbocycles. The number of hydroxylamine groups is 1. The molecule has 2 saturated heterocycles. The van der Waals surface area contributed by atoms with Crippen LogP contribution in [-0.4, -0.2) is 47.9 Å². The molecule has 0 spiro atoms. The number of ether oxygens (including phenoxy) is 4. The Bertz CT molecular complexity index is 658. The van der Waals surface area contributed by atoms with Gasteiger partial charge in [0.15, 0.2) is 30.9 Å². The molecular formula is C21H29NO5. The molecule has 6 nitrogen and oxygen atoms in total. The number of benzene rings is 1. The lowest BCUT2D eigenvalue weighted by Crippen LogP contribution is -2.38. The number of hydrogen-bond donors (Lipinski definition) is 0. The molecule has 2 heterocycles. The summed E-state index contributed by atoms with van der Waals surface area (Å²) in [4.78, 5) is 0. The summed E-state index contributed by atoms with van der Waals surface area (Å²) in [5.41, 5.74) is 0.940. The summed E-state index contributed by atoms with van der Waals surface area (Å²) in [6.45, 7) is 6.53. The van der Waals surface area contributed by atoms with E-state index in [0.29, 0.717) is 6.61 Å². The van der Waals surface area contributed by atoms with Gasteiger partial charge in [0.05, 0.1) is 6.61 Å². The molecule has 4 atom stereocenters. The van der Waals surface area contributed by atoms with E-state index in [1.165, 1.54) is 6.21 Å². The van der Waals surface area contributed by atoms with Crippen LogP contribution in [0.2, 0.25) is 0 Å². The quantitative estimate of drug-likeness (QED) is 0.229. The molecule has 2 aliphatic rings. The normalized spacial score (nSPS) is 30.1. The summed E-state index contributed by atoms with van der Waals surface area (Å²) in [5.74, 6) is -0.721. The first kappa shape index (κ1) is 20.0. The average Bonchev–Trinajstić information content (AvgIpc) is 3.07. The zero-order valence-electron chi connectivity index (χ0n) is 16.2. The van der Waals surface area contributed by atoms with E-state index >= 15 is 0 Å². The van der Waals surface area contributed by atoms with Crippen LogP contribution in [0.4, 0.5) is 0 Å². The maximum Gasteiger partial charge on any atom is 0.190 e. The second-order valence-corrected chi connectivity index (χ2v) is 7.34. The van der Waals surface area contributed by atoms with Crippen molar-refractivity contribution in [2.24, 2.45) is 0 Å². The van der Waals surface area contributed by atoms with Crippen LogP contribution >= 0.6 is 0 Å². The molecule has 2 fully saturated rings. The third-order valence-corrected chi connectivity index (χ3v) is 4.53. The number of fused-ring (bicyclic) bond motifs is 1. The fourth-order valence-electron chi connectivity index (χ4n) is 3.31. The van der Waals surface area contributed by atoms with Gasteiger partial charge in [0, 0.05) is 5.56 Å². The van der Waals surface area contributed by atoms with Gasteiger partial charge in [-0.15, -0.1) is 0 Å². The fraction of sp³-hybridized carbons (Fsp3) is 0.571. The van der Waals surface area contributed by atoms with Gasteiger partial charge in [-0.2, -0.15) is 0 Å². The zero-order valence-corrected chi connectivity index (χ0v) is 16.2. The second-order valence-electron chi connectivity index (χ2n) is 7.34. The number of nitrogens with zero attached hydrogens (tertiary/aromatic N) is 1. The van der Waals surface area contributed by atoms with Crippen molar-refractivity contribution >= 4 is 6.21 Å². The van der Waals surface area contributed by atoms with Crippen LogP contribution in [0.5, 0.6) is 0 Å². The van der Waals surface area contributed by atoms with E-state index in [2.05, 4.69) is 13.0 Å². The van der Waals surface area contributed by atoms with Gasteiger partial charge < -0.3 is 24.2 Å². The molecule has 27 heavy (non-hydrogen) atoms. The van der Waals surface area contributed by atoms with Gasteiger partial charge in [-0.3, -0.25) is 0 Å². The largest absolute Gasteiger partial charge is 0.624 e. The Kier molecular flexibility index (Phi) is 6.65. The van der Waals surface area contributed by atoms with Gasteiger partial charge >= 0.3 is 0 Å². The van der Waals surface area contributed by atoms with Crippen LogP contribution in [-0.2, 0) is 25.5 Å². The Hall–Kier alpha value is -1.73. The Labute approximate surface area is 161 Å². The monoisotopic (exact) mass is 375 g/mol. The summed E-state index contributed by atoms with van der Waals surface area (Å²) in [7, 11) is 0. The topological polar surface area (TPSA) is 63.0 Å². The molecule has 0 N–H and O–H groups in total. The summed E-state index contributed by atoms with van der Waals surface area (Å²) in [5, 5.41) is 12.4. The summed E-state index contributed by atoms with van der Waals surface area (Å²) in [6, 6.07) is 9.60. The summed E-state index contributed by atoms with van der Waals surface area (Å²) >= 11 is 0. The van der Waals surface area contributed by atoms with E-state index in [1.807, 2.05) is 50.3 Å². The zero-order chi connectivity index (χ0) is 19.3. The highest BCUT2D eigenvalue weighted by molar-refractivity contribution is 5.60. The maximum atomic E-state index is 12.4. The SMILES string of the molecule is CCC/C=C/CO[C@H]1[C@H]2OC(C)(C)O[C@H]2O[C@@H]1/C=[N+](\[O-])Cc1ccccc1. The molecule has 0 bridgehead atoms. The maximum absolute atomic E-state index is 12.4. The minimum absolute atomic E-state index is 0.256. The van der Waals surface area contributed by atoms with Crippen molar-refractivity contribution in [3.63, 3.8) is 0 Å². The first-order chi connectivity index (χ1) is 13.0. The molecule has 0 aromatic heterocycles. The van der Waals surface area contributed by atoms with Crippen LogP contribution in [0.15, 0.2) is 42.5 Å². The minimum atomic E-state index is -0.721. The average molecular weight is 375 g/mol.